The van der Waals surface area contributed by atoms with Gasteiger partial charge in [0.2, 0.25) is 0 Å². The van der Waals surface area contributed by atoms with Crippen molar-refractivity contribution in [2.24, 2.45) is 5.92 Å². The van der Waals surface area contributed by atoms with Gasteiger partial charge in [-0.15, -0.1) is 0 Å². The number of benzene rings is 1. The van der Waals surface area contributed by atoms with Crippen LogP contribution in [0.15, 0.2) is 21.1 Å². The summed E-state index contributed by atoms with van der Waals surface area (Å²) in [5.74, 6) is 2.63. The standard InChI is InChI=1S/C20H25N3O2/c1-12-5-6-16-14(3)19(24-18(16)13(12)2)20-21-17(22-25-20)11-15-7-9-23(4)10-8-15/h5-6,15H,7-11H2,1-4H3. The Hall–Kier alpha value is -2.14. The minimum atomic E-state index is 0.494. The summed E-state index contributed by atoms with van der Waals surface area (Å²) in [7, 11) is 2.18. The van der Waals surface area contributed by atoms with Crippen molar-refractivity contribution < 1.29 is 8.94 Å². The van der Waals surface area contributed by atoms with Crippen molar-refractivity contribution in [2.75, 3.05) is 20.1 Å². The van der Waals surface area contributed by atoms with Crippen LogP contribution in [-0.4, -0.2) is 35.2 Å². The predicted octanol–water partition coefficient (Wildman–Crippen LogP) is 4.29. The SMILES string of the molecule is Cc1ccc2c(C)c(-c3nc(CC4CCN(C)CC4)no3)oc2c1C. The Kier molecular flexibility index (Phi) is 4.12. The minimum Gasteiger partial charge on any atom is -0.450 e. The molecule has 3 heterocycles. The molecular formula is C20H25N3O2. The molecule has 25 heavy (non-hydrogen) atoms. The van der Waals surface area contributed by atoms with Crippen molar-refractivity contribution in [3.8, 4) is 11.7 Å². The molecule has 0 unspecified atom stereocenters. The van der Waals surface area contributed by atoms with Crippen LogP contribution in [0.3, 0.4) is 0 Å². The molecule has 0 bridgehead atoms. The predicted molar refractivity (Wildman–Crippen MR) is 97.6 cm³/mol. The van der Waals surface area contributed by atoms with Crippen LogP contribution in [0.25, 0.3) is 22.6 Å². The zero-order valence-corrected chi connectivity index (χ0v) is 15.4. The molecule has 0 N–H and O–H groups in total. The number of likely N-dealkylation sites (tertiary alicyclic amines) is 1. The number of rotatable bonds is 3. The van der Waals surface area contributed by atoms with Gasteiger partial charge < -0.3 is 13.8 Å². The fourth-order valence-corrected chi connectivity index (χ4v) is 3.68. The van der Waals surface area contributed by atoms with E-state index < -0.39 is 0 Å². The first-order valence-corrected chi connectivity index (χ1v) is 9.03. The van der Waals surface area contributed by atoms with Crippen LogP contribution in [0, 0.1) is 26.7 Å². The summed E-state index contributed by atoms with van der Waals surface area (Å²) in [5.41, 5.74) is 4.37. The fourth-order valence-electron chi connectivity index (χ4n) is 3.68. The molecule has 5 nitrogen and oxygen atoms in total. The third-order valence-electron chi connectivity index (χ3n) is 5.60. The van der Waals surface area contributed by atoms with Crippen LogP contribution in [0.5, 0.6) is 0 Å². The van der Waals surface area contributed by atoms with E-state index >= 15 is 0 Å². The van der Waals surface area contributed by atoms with E-state index in [4.69, 9.17) is 8.94 Å². The molecule has 1 aromatic carbocycles. The number of fused-ring (bicyclic) bond motifs is 1. The lowest BCUT2D eigenvalue weighted by Crippen LogP contribution is -2.31. The first kappa shape index (κ1) is 16.3. The van der Waals surface area contributed by atoms with Crippen molar-refractivity contribution in [3.63, 3.8) is 0 Å². The van der Waals surface area contributed by atoms with Gasteiger partial charge in [-0.2, -0.15) is 4.98 Å². The summed E-state index contributed by atoms with van der Waals surface area (Å²) in [6.45, 7) is 8.53. The summed E-state index contributed by atoms with van der Waals surface area (Å²) >= 11 is 0. The van der Waals surface area contributed by atoms with Crippen molar-refractivity contribution in [2.45, 2.75) is 40.0 Å². The Balaban J connectivity index is 1.61. The normalized spacial score (nSPS) is 16.8. The largest absolute Gasteiger partial charge is 0.450 e. The van der Waals surface area contributed by atoms with Crippen LogP contribution in [0.1, 0.15) is 35.4 Å². The van der Waals surface area contributed by atoms with E-state index in [9.17, 15) is 0 Å². The Bertz CT molecular complexity index is 901. The highest BCUT2D eigenvalue weighted by Crippen LogP contribution is 2.35. The third kappa shape index (κ3) is 2.97. The monoisotopic (exact) mass is 339 g/mol. The number of furan rings is 1. The van der Waals surface area contributed by atoms with E-state index in [1.807, 2.05) is 0 Å². The molecule has 1 aliphatic heterocycles. The van der Waals surface area contributed by atoms with Gasteiger partial charge in [0.25, 0.3) is 5.89 Å². The van der Waals surface area contributed by atoms with Gasteiger partial charge in [0.15, 0.2) is 11.6 Å². The molecule has 0 amide bonds. The van der Waals surface area contributed by atoms with Gasteiger partial charge in [-0.05, 0) is 70.8 Å². The van der Waals surface area contributed by atoms with Gasteiger partial charge >= 0.3 is 0 Å². The second-order valence-corrected chi connectivity index (χ2v) is 7.41. The first-order valence-electron chi connectivity index (χ1n) is 9.03. The second kappa shape index (κ2) is 6.30. The van der Waals surface area contributed by atoms with E-state index in [1.165, 1.54) is 18.4 Å². The molecule has 0 spiro atoms. The van der Waals surface area contributed by atoms with Crippen LogP contribution in [-0.2, 0) is 6.42 Å². The van der Waals surface area contributed by atoms with Crippen molar-refractivity contribution in [1.82, 2.24) is 15.0 Å². The smallest absolute Gasteiger partial charge is 0.293 e. The summed E-state index contributed by atoms with van der Waals surface area (Å²) in [6, 6.07) is 4.24. The molecule has 1 saturated heterocycles. The highest BCUT2D eigenvalue weighted by molar-refractivity contribution is 5.89. The summed E-state index contributed by atoms with van der Waals surface area (Å²) in [6.07, 6.45) is 3.28. The Morgan fingerprint density at radius 2 is 1.88 bits per heavy atom. The number of aromatic nitrogens is 2. The summed E-state index contributed by atoms with van der Waals surface area (Å²) in [5, 5.41) is 5.32. The molecule has 3 aromatic rings. The molecule has 0 saturated carbocycles. The van der Waals surface area contributed by atoms with Gasteiger partial charge in [0.05, 0.1) is 0 Å². The molecule has 4 rings (SSSR count). The maximum absolute atomic E-state index is 6.11. The second-order valence-electron chi connectivity index (χ2n) is 7.41. The van der Waals surface area contributed by atoms with Gasteiger partial charge in [-0.25, -0.2) is 0 Å². The zero-order valence-electron chi connectivity index (χ0n) is 15.4. The van der Waals surface area contributed by atoms with Crippen LogP contribution < -0.4 is 0 Å². The van der Waals surface area contributed by atoms with Gasteiger partial charge in [-0.3, -0.25) is 0 Å². The average molecular weight is 339 g/mol. The van der Waals surface area contributed by atoms with E-state index in [-0.39, 0.29) is 0 Å². The van der Waals surface area contributed by atoms with E-state index in [0.717, 1.165) is 47.4 Å². The maximum atomic E-state index is 6.11. The lowest BCUT2D eigenvalue weighted by atomic mass is 9.94. The molecule has 0 atom stereocenters. The Morgan fingerprint density at radius 1 is 1.12 bits per heavy atom. The lowest BCUT2D eigenvalue weighted by Gasteiger charge is -2.27. The molecule has 2 aromatic heterocycles. The van der Waals surface area contributed by atoms with E-state index in [1.54, 1.807) is 0 Å². The van der Waals surface area contributed by atoms with Crippen molar-refractivity contribution >= 4 is 11.0 Å². The zero-order chi connectivity index (χ0) is 17.6. The highest BCUT2D eigenvalue weighted by atomic mass is 16.5. The Labute approximate surface area is 148 Å². The number of hydrogen-bond acceptors (Lipinski definition) is 5. The number of nitrogens with zero attached hydrogens (tertiary/aromatic N) is 3. The molecule has 0 radical (unpaired) electrons. The minimum absolute atomic E-state index is 0.494. The highest BCUT2D eigenvalue weighted by Gasteiger charge is 2.22. The molecular weight excluding hydrogens is 314 g/mol. The molecule has 1 aliphatic rings. The van der Waals surface area contributed by atoms with Crippen LogP contribution >= 0.6 is 0 Å². The number of hydrogen-bond donors (Lipinski definition) is 0. The molecule has 0 aliphatic carbocycles. The van der Waals surface area contributed by atoms with Gasteiger partial charge in [0, 0.05) is 17.4 Å². The Morgan fingerprint density at radius 3 is 2.64 bits per heavy atom. The van der Waals surface area contributed by atoms with E-state index in [0.29, 0.717) is 17.6 Å². The lowest BCUT2D eigenvalue weighted by molar-refractivity contribution is 0.216. The van der Waals surface area contributed by atoms with Crippen molar-refractivity contribution in [1.29, 1.82) is 0 Å². The average Bonchev–Trinajstić information content (AvgIpc) is 3.18. The van der Waals surface area contributed by atoms with Crippen molar-refractivity contribution in [3.05, 3.63) is 34.6 Å². The number of aryl methyl sites for hydroxylation is 3. The molecule has 132 valence electrons. The molecule has 5 heteroatoms. The van der Waals surface area contributed by atoms with E-state index in [2.05, 4.69) is 55.0 Å². The van der Waals surface area contributed by atoms with Gasteiger partial charge in [-0.1, -0.05) is 17.3 Å². The first-order chi connectivity index (χ1) is 12.0. The topological polar surface area (TPSA) is 55.3 Å². The van der Waals surface area contributed by atoms with Crippen LogP contribution in [0.4, 0.5) is 0 Å². The maximum Gasteiger partial charge on any atom is 0.293 e. The third-order valence-corrected chi connectivity index (χ3v) is 5.60. The molecule has 1 fully saturated rings. The summed E-state index contributed by atoms with van der Waals surface area (Å²) in [4.78, 5) is 6.99. The summed E-state index contributed by atoms with van der Waals surface area (Å²) < 4.78 is 11.6. The quantitative estimate of drug-likeness (QED) is 0.712. The fraction of sp³-hybridized carbons (Fsp3) is 0.500. The van der Waals surface area contributed by atoms with Crippen LogP contribution in [0.2, 0.25) is 0 Å². The van der Waals surface area contributed by atoms with Gasteiger partial charge in [0.1, 0.15) is 5.58 Å². The number of piperidine rings is 1.